The van der Waals surface area contributed by atoms with Crippen LogP contribution in [-0.2, 0) is 0 Å². The van der Waals surface area contributed by atoms with E-state index in [9.17, 15) is 4.79 Å². The molecule has 0 atom stereocenters. The van der Waals surface area contributed by atoms with Crippen LogP contribution in [0.25, 0.3) is 0 Å². The molecule has 0 radical (unpaired) electrons. The summed E-state index contributed by atoms with van der Waals surface area (Å²) in [7, 11) is 1.66. The number of rotatable bonds is 1. The fraction of sp³-hybridized carbons (Fsp3) is 0.364. The maximum Gasteiger partial charge on any atom is 0.323 e. The number of hydrogen-bond acceptors (Lipinski definition) is 3. The molecule has 1 saturated heterocycles. The lowest BCUT2D eigenvalue weighted by Crippen LogP contribution is -2.35. The molecule has 1 fully saturated rings. The molecule has 6 heteroatoms. The molecule has 0 unspecified atom stereocenters. The van der Waals surface area contributed by atoms with Crippen molar-refractivity contribution in [1.29, 1.82) is 0 Å². The molecule has 1 N–H and O–H groups in total. The Morgan fingerprint density at radius 2 is 2.41 bits per heavy atom. The third-order valence-corrected chi connectivity index (χ3v) is 2.85. The number of nitrogens with zero attached hydrogens (tertiary/aromatic N) is 3. The quantitative estimate of drug-likeness (QED) is 0.467. The van der Waals surface area contributed by atoms with Gasteiger partial charge in [-0.25, -0.2) is 9.78 Å². The molecule has 0 aromatic carbocycles. The first-order valence-electron chi connectivity index (χ1n) is 5.28. The van der Waals surface area contributed by atoms with E-state index < -0.39 is 0 Å². The van der Waals surface area contributed by atoms with Crippen LogP contribution in [-0.4, -0.2) is 41.9 Å². The summed E-state index contributed by atoms with van der Waals surface area (Å²) in [6.45, 7) is 3.17. The summed E-state index contributed by atoms with van der Waals surface area (Å²) in [5.74, 6) is 0.627. The van der Waals surface area contributed by atoms with Crippen LogP contribution < -0.4 is 5.32 Å². The molecule has 2 heterocycles. The number of aromatic nitrogens is 1. The monoisotopic (exact) mass is 252 g/mol. The first-order valence-corrected chi connectivity index (χ1v) is 5.66. The van der Waals surface area contributed by atoms with Crippen molar-refractivity contribution < 1.29 is 4.79 Å². The number of carbonyl (C=O) groups excluding carboxylic acids is 1. The van der Waals surface area contributed by atoms with E-state index >= 15 is 0 Å². The number of hydrogen-bond donors (Lipinski definition) is 1. The van der Waals surface area contributed by atoms with Gasteiger partial charge in [-0.1, -0.05) is 11.6 Å². The Hall–Kier alpha value is -1.62. The van der Waals surface area contributed by atoms with Gasteiger partial charge in [-0.3, -0.25) is 9.89 Å². The number of urea groups is 1. The fourth-order valence-electron chi connectivity index (χ4n) is 1.82. The first-order chi connectivity index (χ1) is 8.13. The number of halogens is 1. The summed E-state index contributed by atoms with van der Waals surface area (Å²) in [4.78, 5) is 21.4. The van der Waals surface area contributed by atoms with Crippen molar-refractivity contribution in [3.8, 4) is 0 Å². The highest BCUT2D eigenvalue weighted by Gasteiger charge is 2.26. The average Bonchev–Trinajstić information content (AvgIpc) is 2.69. The Kier molecular flexibility index (Phi) is 3.28. The SMILES string of the molecule is CN=C(c1cnc(Cl)cc1C)N1CCNC1=O. The van der Waals surface area contributed by atoms with Crippen molar-refractivity contribution in [2.24, 2.45) is 4.99 Å². The van der Waals surface area contributed by atoms with Gasteiger partial charge in [0.15, 0.2) is 0 Å². The molecule has 0 bridgehead atoms. The van der Waals surface area contributed by atoms with Crippen LogP contribution in [0.15, 0.2) is 17.3 Å². The Labute approximate surface area is 105 Å². The summed E-state index contributed by atoms with van der Waals surface area (Å²) in [6, 6.07) is 1.63. The summed E-state index contributed by atoms with van der Waals surface area (Å²) in [5.41, 5.74) is 1.78. The van der Waals surface area contributed by atoms with Crippen LogP contribution in [0, 0.1) is 6.92 Å². The second-order valence-electron chi connectivity index (χ2n) is 3.75. The van der Waals surface area contributed by atoms with Gasteiger partial charge in [-0.2, -0.15) is 0 Å². The summed E-state index contributed by atoms with van der Waals surface area (Å²) < 4.78 is 0. The molecule has 0 spiro atoms. The molecule has 5 nitrogen and oxygen atoms in total. The molecule has 2 rings (SSSR count). The van der Waals surface area contributed by atoms with Crippen LogP contribution in [0.1, 0.15) is 11.1 Å². The van der Waals surface area contributed by atoms with Gasteiger partial charge in [-0.15, -0.1) is 0 Å². The Balaban J connectivity index is 2.39. The van der Waals surface area contributed by atoms with Crippen LogP contribution in [0.4, 0.5) is 4.79 Å². The summed E-state index contributed by atoms with van der Waals surface area (Å²) in [5, 5.41) is 3.18. The zero-order valence-corrected chi connectivity index (χ0v) is 10.5. The number of aryl methyl sites for hydroxylation is 1. The van der Waals surface area contributed by atoms with Gasteiger partial charge in [0.2, 0.25) is 0 Å². The maximum absolute atomic E-state index is 11.6. The summed E-state index contributed by atoms with van der Waals surface area (Å²) >= 11 is 5.81. The largest absolute Gasteiger partial charge is 0.336 e. The minimum Gasteiger partial charge on any atom is -0.336 e. The molecule has 90 valence electrons. The highest BCUT2D eigenvalue weighted by molar-refractivity contribution is 6.29. The average molecular weight is 253 g/mol. The molecule has 1 aromatic heterocycles. The van der Waals surface area contributed by atoms with Gasteiger partial charge in [0.1, 0.15) is 11.0 Å². The maximum atomic E-state index is 11.6. The standard InChI is InChI=1S/C11H13ClN4O/c1-7-5-9(12)15-6-8(7)10(13-2)16-4-3-14-11(16)17/h5-6H,3-4H2,1-2H3,(H,14,17). The summed E-state index contributed by atoms with van der Waals surface area (Å²) in [6.07, 6.45) is 1.64. The van der Waals surface area contributed by atoms with Gasteiger partial charge in [-0.05, 0) is 18.6 Å². The van der Waals surface area contributed by atoms with Crippen molar-refractivity contribution in [2.75, 3.05) is 20.1 Å². The number of amides is 2. The van der Waals surface area contributed by atoms with Gasteiger partial charge < -0.3 is 5.32 Å². The number of carbonyl (C=O) groups is 1. The Bertz CT molecular complexity index is 486. The zero-order chi connectivity index (χ0) is 12.4. The van der Waals surface area contributed by atoms with E-state index in [-0.39, 0.29) is 6.03 Å². The fourth-order valence-corrected chi connectivity index (χ4v) is 2.03. The molecule has 17 heavy (non-hydrogen) atoms. The normalized spacial score (nSPS) is 16.3. The van der Waals surface area contributed by atoms with Crippen molar-refractivity contribution in [3.05, 3.63) is 28.5 Å². The van der Waals surface area contributed by atoms with Crippen LogP contribution in [0.2, 0.25) is 5.15 Å². The van der Waals surface area contributed by atoms with Crippen LogP contribution in [0.3, 0.4) is 0 Å². The van der Waals surface area contributed by atoms with E-state index in [4.69, 9.17) is 11.6 Å². The molecule has 0 saturated carbocycles. The minimum absolute atomic E-state index is 0.125. The van der Waals surface area contributed by atoms with E-state index in [2.05, 4.69) is 15.3 Å². The van der Waals surface area contributed by atoms with Gasteiger partial charge >= 0.3 is 6.03 Å². The minimum atomic E-state index is -0.125. The van der Waals surface area contributed by atoms with Gasteiger partial charge in [0, 0.05) is 31.9 Å². The third kappa shape index (κ3) is 2.24. The molecular formula is C11H13ClN4O. The Morgan fingerprint density at radius 3 is 2.94 bits per heavy atom. The lowest BCUT2D eigenvalue weighted by atomic mass is 10.1. The number of aliphatic imine (C=N–C) groups is 1. The number of nitrogens with one attached hydrogen (secondary N) is 1. The molecule has 0 aliphatic carbocycles. The van der Waals surface area contributed by atoms with Crippen molar-refractivity contribution in [3.63, 3.8) is 0 Å². The lowest BCUT2D eigenvalue weighted by Gasteiger charge is -2.18. The van der Waals surface area contributed by atoms with Gasteiger partial charge in [0.25, 0.3) is 0 Å². The van der Waals surface area contributed by atoms with Crippen molar-refractivity contribution >= 4 is 23.5 Å². The van der Waals surface area contributed by atoms with Crippen molar-refractivity contribution in [2.45, 2.75) is 6.92 Å². The van der Waals surface area contributed by atoms with Gasteiger partial charge in [0.05, 0.1) is 0 Å². The third-order valence-electron chi connectivity index (χ3n) is 2.64. The van der Waals surface area contributed by atoms with Crippen molar-refractivity contribution in [1.82, 2.24) is 15.2 Å². The number of amidine groups is 1. The predicted octanol–water partition coefficient (Wildman–Crippen LogP) is 1.45. The lowest BCUT2D eigenvalue weighted by molar-refractivity contribution is 0.234. The molecular weight excluding hydrogens is 240 g/mol. The van der Waals surface area contributed by atoms with E-state index in [1.807, 2.05) is 6.92 Å². The predicted molar refractivity (Wildman–Crippen MR) is 66.5 cm³/mol. The highest BCUT2D eigenvalue weighted by atomic mass is 35.5. The number of pyridine rings is 1. The molecule has 1 aliphatic heterocycles. The van der Waals surface area contributed by atoms with E-state index in [0.29, 0.717) is 24.1 Å². The first kappa shape index (κ1) is 11.9. The molecule has 2 amide bonds. The zero-order valence-electron chi connectivity index (χ0n) is 9.70. The van der Waals surface area contributed by atoms with E-state index in [1.54, 1.807) is 24.2 Å². The Morgan fingerprint density at radius 1 is 1.65 bits per heavy atom. The second kappa shape index (κ2) is 4.71. The second-order valence-corrected chi connectivity index (χ2v) is 4.14. The van der Waals surface area contributed by atoms with Crippen LogP contribution in [0.5, 0.6) is 0 Å². The molecule has 1 aromatic rings. The van der Waals surface area contributed by atoms with E-state index in [0.717, 1.165) is 11.1 Å². The highest BCUT2D eigenvalue weighted by Crippen LogP contribution is 2.16. The topological polar surface area (TPSA) is 57.6 Å². The smallest absolute Gasteiger partial charge is 0.323 e. The van der Waals surface area contributed by atoms with E-state index in [1.165, 1.54) is 0 Å². The van der Waals surface area contributed by atoms with Crippen LogP contribution >= 0.6 is 11.6 Å². The molecule has 1 aliphatic rings.